The smallest absolute Gasteiger partial charge is 0.131 e. The van der Waals surface area contributed by atoms with Crippen molar-refractivity contribution in [3.8, 4) is 5.75 Å². The first-order valence-corrected chi connectivity index (χ1v) is 6.30. The normalized spacial score (nSPS) is 16.9. The zero-order valence-electron chi connectivity index (χ0n) is 10.5. The Hall–Kier alpha value is -1.09. The molecule has 1 aromatic carbocycles. The van der Waals surface area contributed by atoms with Crippen molar-refractivity contribution in [2.45, 2.75) is 32.2 Å². The summed E-state index contributed by atoms with van der Waals surface area (Å²) in [6, 6.07) is 5.15. The highest BCUT2D eigenvalue weighted by atomic mass is 19.1. The van der Waals surface area contributed by atoms with Crippen LogP contribution in [0.5, 0.6) is 5.75 Å². The molecule has 0 radical (unpaired) electrons. The fourth-order valence-electron chi connectivity index (χ4n) is 1.85. The Kier molecular flexibility index (Phi) is 4.00. The summed E-state index contributed by atoms with van der Waals surface area (Å²) in [5.41, 5.74) is 0.682. The van der Waals surface area contributed by atoms with Crippen molar-refractivity contribution in [3.05, 3.63) is 29.6 Å². The predicted molar refractivity (Wildman–Crippen MR) is 66.7 cm³/mol. The second kappa shape index (κ2) is 5.50. The lowest BCUT2D eigenvalue weighted by atomic mass is 10.1. The van der Waals surface area contributed by atoms with E-state index in [1.807, 2.05) is 20.0 Å². The van der Waals surface area contributed by atoms with Gasteiger partial charge >= 0.3 is 0 Å². The van der Waals surface area contributed by atoms with Crippen molar-refractivity contribution >= 4 is 0 Å². The molecule has 0 amide bonds. The first kappa shape index (κ1) is 12.4. The summed E-state index contributed by atoms with van der Waals surface area (Å²) < 4.78 is 19.3. The first-order chi connectivity index (χ1) is 8.20. The summed E-state index contributed by atoms with van der Waals surface area (Å²) in [6.07, 6.45) is 3.75. The summed E-state index contributed by atoms with van der Waals surface area (Å²) in [5, 5.41) is 3.03. The Bertz CT molecular complexity index is 376. The van der Waals surface area contributed by atoms with Gasteiger partial charge in [-0.05, 0) is 32.4 Å². The maximum atomic E-state index is 13.8. The molecule has 0 bridgehead atoms. The van der Waals surface area contributed by atoms with Crippen molar-refractivity contribution < 1.29 is 9.13 Å². The zero-order valence-corrected chi connectivity index (χ0v) is 10.5. The second-order valence-electron chi connectivity index (χ2n) is 4.77. The minimum atomic E-state index is -0.198. The van der Waals surface area contributed by atoms with E-state index in [1.165, 1.54) is 18.9 Å². The van der Waals surface area contributed by atoms with Crippen LogP contribution in [-0.2, 0) is 0 Å². The van der Waals surface area contributed by atoms with Crippen LogP contribution in [0, 0.1) is 11.7 Å². The number of benzene rings is 1. The molecule has 1 aliphatic rings. The van der Waals surface area contributed by atoms with E-state index < -0.39 is 0 Å². The van der Waals surface area contributed by atoms with E-state index in [4.69, 9.17) is 4.74 Å². The van der Waals surface area contributed by atoms with Crippen LogP contribution in [0.3, 0.4) is 0 Å². The third kappa shape index (κ3) is 3.43. The molecule has 1 unspecified atom stereocenters. The Balaban J connectivity index is 1.92. The van der Waals surface area contributed by atoms with Crippen LogP contribution in [0.1, 0.15) is 37.8 Å². The summed E-state index contributed by atoms with van der Waals surface area (Å²) in [4.78, 5) is 0. The van der Waals surface area contributed by atoms with Gasteiger partial charge < -0.3 is 10.1 Å². The van der Waals surface area contributed by atoms with Gasteiger partial charge in [0.15, 0.2) is 0 Å². The summed E-state index contributed by atoms with van der Waals surface area (Å²) in [5.74, 6) is 1.29. The largest absolute Gasteiger partial charge is 0.493 e. The lowest BCUT2D eigenvalue weighted by Gasteiger charge is -2.13. The molecule has 1 atom stereocenters. The Labute approximate surface area is 102 Å². The van der Waals surface area contributed by atoms with E-state index in [9.17, 15) is 4.39 Å². The van der Waals surface area contributed by atoms with Crippen LogP contribution in [0.15, 0.2) is 18.2 Å². The van der Waals surface area contributed by atoms with E-state index in [1.54, 1.807) is 6.07 Å². The number of rotatable bonds is 6. The van der Waals surface area contributed by atoms with Crippen LogP contribution in [-0.4, -0.2) is 13.7 Å². The topological polar surface area (TPSA) is 21.3 Å². The van der Waals surface area contributed by atoms with Crippen LogP contribution in [0.4, 0.5) is 4.39 Å². The minimum Gasteiger partial charge on any atom is -0.493 e. The molecule has 0 aromatic heterocycles. The SMILES string of the molecule is CNC(C)c1ccc(OCCC2CC2)cc1F. The number of hydrogen-bond donors (Lipinski definition) is 1. The molecule has 0 saturated heterocycles. The monoisotopic (exact) mass is 237 g/mol. The third-order valence-electron chi connectivity index (χ3n) is 3.36. The molecule has 1 saturated carbocycles. The van der Waals surface area contributed by atoms with Crippen molar-refractivity contribution in [2.75, 3.05) is 13.7 Å². The first-order valence-electron chi connectivity index (χ1n) is 6.30. The van der Waals surface area contributed by atoms with Crippen molar-refractivity contribution in [2.24, 2.45) is 5.92 Å². The highest BCUT2D eigenvalue weighted by Crippen LogP contribution is 2.32. The highest BCUT2D eigenvalue weighted by Gasteiger charge is 2.20. The van der Waals surface area contributed by atoms with Gasteiger partial charge in [-0.3, -0.25) is 0 Å². The van der Waals surface area contributed by atoms with E-state index in [2.05, 4.69) is 5.32 Å². The number of halogens is 1. The molecule has 0 heterocycles. The molecule has 1 fully saturated rings. The molecule has 0 spiro atoms. The summed E-state index contributed by atoms with van der Waals surface area (Å²) >= 11 is 0. The fraction of sp³-hybridized carbons (Fsp3) is 0.571. The average molecular weight is 237 g/mol. The van der Waals surface area contributed by atoms with Crippen LogP contribution in [0.25, 0.3) is 0 Å². The van der Waals surface area contributed by atoms with E-state index in [0.717, 1.165) is 12.3 Å². The standard InChI is InChI=1S/C14H20FNO/c1-10(16-2)13-6-5-12(9-14(13)15)17-8-7-11-3-4-11/h5-6,9-11,16H,3-4,7-8H2,1-2H3. The van der Waals surface area contributed by atoms with E-state index >= 15 is 0 Å². The van der Waals surface area contributed by atoms with Gasteiger partial charge in [0, 0.05) is 17.7 Å². The predicted octanol–water partition coefficient (Wildman–Crippen LogP) is 3.29. The third-order valence-corrected chi connectivity index (χ3v) is 3.36. The molecular formula is C14H20FNO. The van der Waals surface area contributed by atoms with Gasteiger partial charge in [-0.25, -0.2) is 4.39 Å². The summed E-state index contributed by atoms with van der Waals surface area (Å²) in [6.45, 7) is 2.64. The molecule has 1 aliphatic carbocycles. The van der Waals surface area contributed by atoms with Crippen LogP contribution < -0.4 is 10.1 Å². The number of ether oxygens (including phenoxy) is 1. The zero-order chi connectivity index (χ0) is 12.3. The number of hydrogen-bond acceptors (Lipinski definition) is 2. The van der Waals surface area contributed by atoms with Gasteiger partial charge in [0.2, 0.25) is 0 Å². The van der Waals surface area contributed by atoms with Gasteiger partial charge in [-0.15, -0.1) is 0 Å². The fourth-order valence-corrected chi connectivity index (χ4v) is 1.85. The van der Waals surface area contributed by atoms with Crippen molar-refractivity contribution in [3.63, 3.8) is 0 Å². The molecule has 3 heteroatoms. The van der Waals surface area contributed by atoms with Gasteiger partial charge in [-0.2, -0.15) is 0 Å². The lowest BCUT2D eigenvalue weighted by molar-refractivity contribution is 0.300. The lowest BCUT2D eigenvalue weighted by Crippen LogP contribution is -2.13. The molecular weight excluding hydrogens is 217 g/mol. The highest BCUT2D eigenvalue weighted by molar-refractivity contribution is 5.30. The Morgan fingerprint density at radius 2 is 2.24 bits per heavy atom. The molecule has 2 nitrogen and oxygen atoms in total. The van der Waals surface area contributed by atoms with Crippen molar-refractivity contribution in [1.82, 2.24) is 5.32 Å². The van der Waals surface area contributed by atoms with Crippen molar-refractivity contribution in [1.29, 1.82) is 0 Å². The molecule has 94 valence electrons. The maximum Gasteiger partial charge on any atom is 0.131 e. The van der Waals surface area contributed by atoms with Gasteiger partial charge in [0.05, 0.1) is 6.61 Å². The van der Waals surface area contributed by atoms with Gasteiger partial charge in [0.1, 0.15) is 11.6 Å². The minimum absolute atomic E-state index is 0.0236. The number of nitrogens with one attached hydrogen (secondary N) is 1. The molecule has 17 heavy (non-hydrogen) atoms. The maximum absolute atomic E-state index is 13.8. The Morgan fingerprint density at radius 1 is 1.47 bits per heavy atom. The molecule has 0 aliphatic heterocycles. The molecule has 2 rings (SSSR count). The van der Waals surface area contributed by atoms with Crippen LogP contribution >= 0.6 is 0 Å². The molecule has 1 N–H and O–H groups in total. The average Bonchev–Trinajstić information content (AvgIpc) is 3.12. The second-order valence-corrected chi connectivity index (χ2v) is 4.77. The van der Waals surface area contributed by atoms with E-state index in [-0.39, 0.29) is 11.9 Å². The van der Waals surface area contributed by atoms with Gasteiger partial charge in [-0.1, -0.05) is 18.9 Å². The molecule has 1 aromatic rings. The quantitative estimate of drug-likeness (QED) is 0.819. The van der Waals surface area contributed by atoms with Gasteiger partial charge in [0.25, 0.3) is 0 Å². The van der Waals surface area contributed by atoms with Crippen LogP contribution in [0.2, 0.25) is 0 Å². The van der Waals surface area contributed by atoms with E-state index in [0.29, 0.717) is 17.9 Å². The summed E-state index contributed by atoms with van der Waals surface area (Å²) in [7, 11) is 1.82. The Morgan fingerprint density at radius 3 is 2.82 bits per heavy atom.